The minimum Gasteiger partial charge on any atom is -0.355 e. The summed E-state index contributed by atoms with van der Waals surface area (Å²) in [6, 6.07) is 4.92. The van der Waals surface area contributed by atoms with Crippen LogP contribution in [0.1, 0.15) is 13.8 Å². The Hall–Kier alpha value is -1.26. The third-order valence-electron chi connectivity index (χ3n) is 2.29. The lowest BCUT2D eigenvalue weighted by Crippen LogP contribution is -2.37. The van der Waals surface area contributed by atoms with Crippen molar-refractivity contribution in [3.05, 3.63) is 28.2 Å². The number of rotatable bonds is 4. The first kappa shape index (κ1) is 14.8. The molecule has 0 heterocycles. The largest absolute Gasteiger partial charge is 0.355 e. The van der Waals surface area contributed by atoms with Gasteiger partial charge in [-0.25, -0.2) is 0 Å². The summed E-state index contributed by atoms with van der Waals surface area (Å²) >= 11 is 11.8. The molecule has 0 unspecified atom stereocenters. The van der Waals surface area contributed by atoms with Gasteiger partial charge in [-0.15, -0.1) is 0 Å². The first-order chi connectivity index (χ1) is 8.41. The lowest BCUT2D eigenvalue weighted by Gasteiger charge is -2.22. The molecule has 1 aromatic rings. The summed E-state index contributed by atoms with van der Waals surface area (Å²) in [7, 11) is 0. The summed E-state index contributed by atoms with van der Waals surface area (Å²) in [6.07, 6.45) is 0. The highest BCUT2D eigenvalue weighted by molar-refractivity contribution is 6.36. The fraction of sp³-hybridized carbons (Fsp3) is 0.333. The fourth-order valence-corrected chi connectivity index (χ4v) is 2.00. The molecule has 6 heteroatoms. The van der Waals surface area contributed by atoms with Crippen LogP contribution in [-0.2, 0) is 9.59 Å². The van der Waals surface area contributed by atoms with Crippen molar-refractivity contribution in [3.8, 4) is 0 Å². The Morgan fingerprint density at radius 2 is 1.94 bits per heavy atom. The molecule has 0 saturated heterocycles. The number of benzene rings is 1. The summed E-state index contributed by atoms with van der Waals surface area (Å²) in [4.78, 5) is 23.9. The highest BCUT2D eigenvalue weighted by Gasteiger charge is 2.14. The van der Waals surface area contributed by atoms with Gasteiger partial charge in [-0.1, -0.05) is 23.2 Å². The maximum absolute atomic E-state index is 11.6. The molecular formula is C12H14Cl2N2O2. The van der Waals surface area contributed by atoms with Crippen LogP contribution >= 0.6 is 23.2 Å². The van der Waals surface area contributed by atoms with E-state index in [-0.39, 0.29) is 11.8 Å². The summed E-state index contributed by atoms with van der Waals surface area (Å²) in [6.45, 7) is 3.59. The van der Waals surface area contributed by atoms with Crippen LogP contribution in [0.15, 0.2) is 18.2 Å². The van der Waals surface area contributed by atoms with Gasteiger partial charge in [-0.2, -0.15) is 0 Å². The van der Waals surface area contributed by atoms with Crippen molar-refractivity contribution in [2.45, 2.75) is 13.8 Å². The van der Waals surface area contributed by atoms with Crippen LogP contribution in [0.4, 0.5) is 5.69 Å². The van der Waals surface area contributed by atoms with E-state index in [1.54, 1.807) is 18.2 Å². The SMILES string of the molecule is CC(=O)NCCN(C(C)=O)c1ccc(Cl)cc1Cl. The van der Waals surface area contributed by atoms with Crippen LogP contribution in [0.2, 0.25) is 10.0 Å². The molecule has 0 aliphatic heterocycles. The standard InChI is InChI=1S/C12H14Cl2N2O2/c1-8(17)15-5-6-16(9(2)18)12-4-3-10(13)7-11(12)14/h3-4,7H,5-6H2,1-2H3,(H,15,17). The molecule has 0 spiro atoms. The Kier molecular flexibility index (Phi) is 5.44. The quantitative estimate of drug-likeness (QED) is 0.925. The molecule has 0 bridgehead atoms. The van der Waals surface area contributed by atoms with Crippen molar-refractivity contribution in [1.29, 1.82) is 0 Å². The average molecular weight is 289 g/mol. The molecule has 1 rings (SSSR count). The zero-order valence-corrected chi connectivity index (χ0v) is 11.7. The second-order valence-electron chi connectivity index (χ2n) is 3.75. The second-order valence-corrected chi connectivity index (χ2v) is 4.59. The number of halogens is 2. The smallest absolute Gasteiger partial charge is 0.223 e. The van der Waals surface area contributed by atoms with E-state index in [1.807, 2.05) is 0 Å². The molecule has 0 atom stereocenters. The third kappa shape index (κ3) is 4.20. The van der Waals surface area contributed by atoms with Gasteiger partial charge in [0.25, 0.3) is 0 Å². The number of nitrogens with zero attached hydrogens (tertiary/aromatic N) is 1. The van der Waals surface area contributed by atoms with E-state index in [9.17, 15) is 9.59 Å². The maximum Gasteiger partial charge on any atom is 0.223 e. The number of hydrogen-bond acceptors (Lipinski definition) is 2. The van der Waals surface area contributed by atoms with Gasteiger partial charge in [0, 0.05) is 32.0 Å². The molecule has 0 aliphatic rings. The normalized spacial score (nSPS) is 10.0. The molecule has 98 valence electrons. The molecule has 0 aromatic heterocycles. The van der Waals surface area contributed by atoms with Gasteiger partial charge in [0.15, 0.2) is 0 Å². The van der Waals surface area contributed by atoms with Crippen LogP contribution in [0.25, 0.3) is 0 Å². The number of anilines is 1. The Bertz CT molecular complexity index is 463. The van der Waals surface area contributed by atoms with E-state index in [0.717, 1.165) is 0 Å². The number of hydrogen-bond donors (Lipinski definition) is 1. The summed E-state index contributed by atoms with van der Waals surface area (Å²) < 4.78 is 0. The number of carbonyl (C=O) groups excluding carboxylic acids is 2. The van der Waals surface area contributed by atoms with Crippen LogP contribution in [0.3, 0.4) is 0 Å². The highest BCUT2D eigenvalue weighted by Crippen LogP contribution is 2.28. The average Bonchev–Trinajstić information content (AvgIpc) is 2.25. The van der Waals surface area contributed by atoms with E-state index in [2.05, 4.69) is 5.32 Å². The second kappa shape index (κ2) is 6.61. The van der Waals surface area contributed by atoms with Gasteiger partial charge in [-0.3, -0.25) is 9.59 Å². The van der Waals surface area contributed by atoms with Crippen molar-refractivity contribution in [2.24, 2.45) is 0 Å². The monoisotopic (exact) mass is 288 g/mol. The summed E-state index contributed by atoms with van der Waals surface area (Å²) in [5.74, 6) is -0.287. The van der Waals surface area contributed by atoms with Crippen LogP contribution in [-0.4, -0.2) is 24.9 Å². The van der Waals surface area contributed by atoms with Crippen molar-refractivity contribution >= 4 is 40.7 Å². The van der Waals surface area contributed by atoms with Crippen molar-refractivity contribution in [3.63, 3.8) is 0 Å². The van der Waals surface area contributed by atoms with E-state index in [4.69, 9.17) is 23.2 Å². The van der Waals surface area contributed by atoms with Gasteiger partial charge < -0.3 is 10.2 Å². The molecule has 1 N–H and O–H groups in total. The first-order valence-corrected chi connectivity index (χ1v) is 6.15. The van der Waals surface area contributed by atoms with Gasteiger partial charge in [0.1, 0.15) is 0 Å². The van der Waals surface area contributed by atoms with E-state index >= 15 is 0 Å². The summed E-state index contributed by atoms with van der Waals surface area (Å²) in [5, 5.41) is 3.54. The van der Waals surface area contributed by atoms with Gasteiger partial charge in [0.05, 0.1) is 10.7 Å². The molecule has 4 nitrogen and oxygen atoms in total. The van der Waals surface area contributed by atoms with Crippen molar-refractivity contribution in [2.75, 3.05) is 18.0 Å². The zero-order chi connectivity index (χ0) is 13.7. The first-order valence-electron chi connectivity index (χ1n) is 5.39. The van der Waals surface area contributed by atoms with Gasteiger partial charge >= 0.3 is 0 Å². The molecule has 2 amide bonds. The van der Waals surface area contributed by atoms with E-state index < -0.39 is 0 Å². The minimum atomic E-state index is -0.149. The highest BCUT2D eigenvalue weighted by atomic mass is 35.5. The molecule has 0 saturated carbocycles. The summed E-state index contributed by atoms with van der Waals surface area (Å²) in [5.41, 5.74) is 0.582. The predicted octanol–water partition coefficient (Wildman–Crippen LogP) is 2.48. The molecule has 0 radical (unpaired) electrons. The lowest BCUT2D eigenvalue weighted by atomic mass is 10.2. The van der Waals surface area contributed by atoms with Crippen LogP contribution < -0.4 is 10.2 Å². The number of carbonyl (C=O) groups is 2. The molecular weight excluding hydrogens is 275 g/mol. The van der Waals surface area contributed by atoms with E-state index in [0.29, 0.717) is 28.8 Å². The Morgan fingerprint density at radius 3 is 2.44 bits per heavy atom. The molecule has 0 aliphatic carbocycles. The Balaban J connectivity index is 2.84. The van der Waals surface area contributed by atoms with Crippen molar-refractivity contribution < 1.29 is 9.59 Å². The lowest BCUT2D eigenvalue weighted by molar-refractivity contribution is -0.119. The fourth-order valence-electron chi connectivity index (χ4n) is 1.49. The Morgan fingerprint density at radius 1 is 1.28 bits per heavy atom. The minimum absolute atomic E-state index is 0.138. The molecule has 0 fully saturated rings. The van der Waals surface area contributed by atoms with Crippen LogP contribution in [0.5, 0.6) is 0 Å². The number of nitrogens with one attached hydrogen (secondary N) is 1. The predicted molar refractivity (Wildman–Crippen MR) is 73.2 cm³/mol. The van der Waals surface area contributed by atoms with Crippen molar-refractivity contribution in [1.82, 2.24) is 5.32 Å². The van der Waals surface area contributed by atoms with E-state index in [1.165, 1.54) is 18.7 Å². The topological polar surface area (TPSA) is 49.4 Å². The maximum atomic E-state index is 11.6. The third-order valence-corrected chi connectivity index (χ3v) is 2.83. The van der Waals surface area contributed by atoms with Crippen LogP contribution in [0, 0.1) is 0 Å². The van der Waals surface area contributed by atoms with Gasteiger partial charge in [0.2, 0.25) is 11.8 Å². The molecule has 1 aromatic carbocycles. The number of amides is 2. The zero-order valence-electron chi connectivity index (χ0n) is 10.2. The Labute approximate surface area is 116 Å². The molecule has 18 heavy (non-hydrogen) atoms. The van der Waals surface area contributed by atoms with Gasteiger partial charge in [-0.05, 0) is 18.2 Å².